The van der Waals surface area contributed by atoms with Gasteiger partial charge in [0.25, 0.3) is 0 Å². The fraction of sp³-hybridized carbons (Fsp3) is 0.667. The van der Waals surface area contributed by atoms with E-state index in [2.05, 4.69) is 29.0 Å². The number of aromatic hydroxyl groups is 1. The van der Waals surface area contributed by atoms with Crippen LogP contribution in [0, 0.1) is 0 Å². The first-order valence-corrected chi connectivity index (χ1v) is 11.4. The highest BCUT2D eigenvalue weighted by molar-refractivity contribution is 8.00. The molecule has 0 aliphatic carbocycles. The monoisotopic (exact) mass is 406 g/mol. The highest BCUT2D eigenvalue weighted by atomic mass is 32.2. The van der Waals surface area contributed by atoms with Gasteiger partial charge in [-0.3, -0.25) is 4.99 Å². The van der Waals surface area contributed by atoms with Gasteiger partial charge in [-0.1, -0.05) is 19.1 Å². The van der Waals surface area contributed by atoms with Crippen LogP contribution in [0.25, 0.3) is 0 Å². The summed E-state index contributed by atoms with van der Waals surface area (Å²) in [6.45, 7) is 11.3. The van der Waals surface area contributed by atoms with Crippen LogP contribution >= 0.6 is 11.8 Å². The Kier molecular flexibility index (Phi) is 7.73. The summed E-state index contributed by atoms with van der Waals surface area (Å²) in [5, 5.41) is 13.6. The fourth-order valence-corrected chi connectivity index (χ4v) is 5.16. The number of ether oxygens (including phenoxy) is 1. The molecule has 0 aromatic heterocycles. The van der Waals surface area contributed by atoms with Crippen molar-refractivity contribution in [2.75, 3.05) is 63.1 Å². The zero-order valence-corrected chi connectivity index (χ0v) is 18.0. The van der Waals surface area contributed by atoms with Crippen molar-refractivity contribution in [2.45, 2.75) is 31.4 Å². The Bertz CT molecular complexity index is 636. The molecule has 7 heteroatoms. The van der Waals surface area contributed by atoms with Gasteiger partial charge in [-0.2, -0.15) is 11.8 Å². The van der Waals surface area contributed by atoms with Crippen molar-refractivity contribution in [1.29, 1.82) is 0 Å². The Balaban J connectivity index is 1.64. The van der Waals surface area contributed by atoms with E-state index in [4.69, 9.17) is 9.73 Å². The molecule has 0 spiro atoms. The molecule has 2 heterocycles. The Labute approximate surface area is 173 Å². The summed E-state index contributed by atoms with van der Waals surface area (Å²) in [4.78, 5) is 9.66. The summed E-state index contributed by atoms with van der Waals surface area (Å²) in [5.41, 5.74) is 0.921. The normalized spacial score (nSPS) is 20.3. The number of aliphatic imine (C=N–C) groups is 1. The minimum absolute atomic E-state index is 0.214. The van der Waals surface area contributed by atoms with Gasteiger partial charge in [0.1, 0.15) is 5.75 Å². The van der Waals surface area contributed by atoms with Crippen molar-refractivity contribution >= 4 is 23.4 Å². The largest absolute Gasteiger partial charge is 0.506 e. The molecule has 0 unspecified atom stereocenters. The Morgan fingerprint density at radius 1 is 1.18 bits per heavy atom. The highest BCUT2D eigenvalue weighted by Crippen LogP contribution is 2.35. The van der Waals surface area contributed by atoms with Crippen LogP contribution in [0.3, 0.4) is 0 Å². The molecular formula is C21H34N4O2S. The van der Waals surface area contributed by atoms with E-state index in [1.807, 2.05) is 30.0 Å². The van der Waals surface area contributed by atoms with Gasteiger partial charge in [-0.05, 0) is 37.7 Å². The maximum atomic E-state index is 10.1. The first-order valence-electron chi connectivity index (χ1n) is 10.5. The molecule has 3 rings (SSSR count). The predicted molar refractivity (Wildman–Crippen MR) is 119 cm³/mol. The number of rotatable bonds is 6. The van der Waals surface area contributed by atoms with Crippen molar-refractivity contribution in [3.05, 3.63) is 24.3 Å². The second-order valence-corrected chi connectivity index (χ2v) is 9.09. The molecule has 2 N–H and O–H groups in total. The molecule has 6 nitrogen and oxygen atoms in total. The number of nitrogens with one attached hydrogen (secondary N) is 1. The third-order valence-corrected chi connectivity index (χ3v) is 6.95. The van der Waals surface area contributed by atoms with E-state index in [0.717, 1.165) is 82.7 Å². The number of piperazine rings is 1. The molecule has 1 aromatic rings. The van der Waals surface area contributed by atoms with Crippen LogP contribution in [-0.2, 0) is 4.74 Å². The van der Waals surface area contributed by atoms with E-state index in [1.54, 1.807) is 6.07 Å². The van der Waals surface area contributed by atoms with Gasteiger partial charge in [-0.25, -0.2) is 0 Å². The van der Waals surface area contributed by atoms with Crippen molar-refractivity contribution in [2.24, 2.45) is 4.99 Å². The van der Waals surface area contributed by atoms with Gasteiger partial charge >= 0.3 is 0 Å². The number of anilines is 1. The summed E-state index contributed by atoms with van der Waals surface area (Å²) in [6.07, 6.45) is 2.16. The molecule has 0 atom stereocenters. The average Bonchev–Trinajstić information content (AvgIpc) is 2.73. The number of para-hydroxylation sites is 2. The van der Waals surface area contributed by atoms with Crippen molar-refractivity contribution in [1.82, 2.24) is 10.2 Å². The first-order chi connectivity index (χ1) is 13.7. The average molecular weight is 407 g/mol. The first kappa shape index (κ1) is 21.1. The quantitative estimate of drug-likeness (QED) is 0.560. The van der Waals surface area contributed by atoms with Crippen LogP contribution < -0.4 is 10.2 Å². The maximum Gasteiger partial charge on any atom is 0.194 e. The number of phenolic OH excluding ortho intramolecular Hbond substituents is 1. The molecule has 28 heavy (non-hydrogen) atoms. The lowest BCUT2D eigenvalue weighted by Crippen LogP contribution is -2.53. The van der Waals surface area contributed by atoms with Crippen molar-refractivity contribution in [3.8, 4) is 5.75 Å². The number of benzene rings is 1. The molecular weight excluding hydrogens is 372 g/mol. The smallest absolute Gasteiger partial charge is 0.194 e. The second kappa shape index (κ2) is 10.3. The van der Waals surface area contributed by atoms with Crippen LogP contribution in [0.5, 0.6) is 5.75 Å². The van der Waals surface area contributed by atoms with E-state index in [-0.39, 0.29) is 4.75 Å². The van der Waals surface area contributed by atoms with Gasteiger partial charge in [0.15, 0.2) is 5.96 Å². The molecule has 0 radical (unpaired) electrons. The Morgan fingerprint density at radius 2 is 1.89 bits per heavy atom. The molecule has 2 aliphatic heterocycles. The van der Waals surface area contributed by atoms with E-state index >= 15 is 0 Å². The minimum Gasteiger partial charge on any atom is -0.506 e. The standard InChI is InChI=1S/C21H34N4O2S/c1-3-22-20(23-17-21(28-4-2)9-15-27-16-10-21)25-13-11-24(12-14-25)18-7-5-6-8-19(18)26/h5-8,26H,3-4,9-17H2,1-2H3,(H,22,23). The second-order valence-electron chi connectivity index (χ2n) is 7.36. The number of hydrogen-bond acceptors (Lipinski definition) is 5. The van der Waals surface area contributed by atoms with Crippen LogP contribution in [-0.4, -0.2) is 78.9 Å². The number of nitrogens with zero attached hydrogens (tertiary/aromatic N) is 3. The summed E-state index contributed by atoms with van der Waals surface area (Å²) in [7, 11) is 0. The lowest BCUT2D eigenvalue weighted by molar-refractivity contribution is 0.0792. The van der Waals surface area contributed by atoms with Gasteiger partial charge in [-0.15, -0.1) is 0 Å². The van der Waals surface area contributed by atoms with Crippen LogP contribution in [0.15, 0.2) is 29.3 Å². The molecule has 2 fully saturated rings. The van der Waals surface area contributed by atoms with E-state index in [0.29, 0.717) is 5.75 Å². The molecule has 2 saturated heterocycles. The summed E-state index contributed by atoms with van der Waals surface area (Å²) < 4.78 is 5.81. The molecule has 156 valence electrons. The molecule has 2 aliphatic rings. The van der Waals surface area contributed by atoms with E-state index < -0.39 is 0 Å². The Hall–Kier alpha value is -1.60. The van der Waals surface area contributed by atoms with Crippen molar-refractivity contribution < 1.29 is 9.84 Å². The molecule has 0 saturated carbocycles. The van der Waals surface area contributed by atoms with Crippen LogP contribution in [0.4, 0.5) is 5.69 Å². The SMILES string of the molecule is CCNC(=NCC1(SCC)CCOCC1)N1CCN(c2ccccc2O)CC1. The highest BCUT2D eigenvalue weighted by Gasteiger charge is 2.33. The summed E-state index contributed by atoms with van der Waals surface area (Å²) in [6, 6.07) is 7.59. The van der Waals surface area contributed by atoms with Crippen molar-refractivity contribution in [3.63, 3.8) is 0 Å². The predicted octanol–water partition coefficient (Wildman–Crippen LogP) is 2.78. The zero-order chi connectivity index (χ0) is 19.8. The molecule has 0 bridgehead atoms. The van der Waals surface area contributed by atoms with Gasteiger partial charge in [0.2, 0.25) is 0 Å². The van der Waals surface area contributed by atoms with E-state index in [9.17, 15) is 5.11 Å². The van der Waals surface area contributed by atoms with Crippen LogP contribution in [0.2, 0.25) is 0 Å². The zero-order valence-electron chi connectivity index (χ0n) is 17.2. The summed E-state index contributed by atoms with van der Waals surface area (Å²) >= 11 is 2.04. The van der Waals surface area contributed by atoms with Gasteiger partial charge < -0.3 is 25.0 Å². The Morgan fingerprint density at radius 3 is 2.54 bits per heavy atom. The number of hydrogen-bond donors (Lipinski definition) is 2. The lowest BCUT2D eigenvalue weighted by Gasteiger charge is -2.39. The van der Waals surface area contributed by atoms with E-state index in [1.165, 1.54) is 0 Å². The number of guanidine groups is 1. The molecule has 1 aromatic carbocycles. The number of thioether (sulfide) groups is 1. The third kappa shape index (κ3) is 5.26. The lowest BCUT2D eigenvalue weighted by atomic mass is 9.99. The molecule has 0 amide bonds. The third-order valence-electron chi connectivity index (χ3n) is 5.51. The van der Waals surface area contributed by atoms with Crippen LogP contribution in [0.1, 0.15) is 26.7 Å². The maximum absolute atomic E-state index is 10.1. The van der Waals surface area contributed by atoms with Gasteiger partial charge in [0, 0.05) is 50.7 Å². The van der Waals surface area contributed by atoms with Gasteiger partial charge in [0.05, 0.1) is 12.2 Å². The summed E-state index contributed by atoms with van der Waals surface area (Å²) in [5.74, 6) is 2.49. The minimum atomic E-state index is 0.214. The topological polar surface area (TPSA) is 60.3 Å². The number of phenols is 1. The fourth-order valence-electron chi connectivity index (χ4n) is 3.93.